The Balaban J connectivity index is 2.24. The number of hydrogen-bond donors (Lipinski definition) is 2. The van der Waals surface area contributed by atoms with Gasteiger partial charge in [0.05, 0.1) is 16.4 Å². The SMILES string of the molecule is CC(=O)Oc1ccc(/C(Cc2csc(C)n2)=N/O)c(O)c1. The summed E-state index contributed by atoms with van der Waals surface area (Å²) in [7, 11) is 0. The molecule has 0 aliphatic heterocycles. The molecule has 2 aromatic rings. The molecule has 2 N–H and O–H groups in total. The van der Waals surface area contributed by atoms with E-state index in [0.29, 0.717) is 12.0 Å². The molecule has 0 fully saturated rings. The molecule has 1 aromatic carbocycles. The Kier molecular flexibility index (Phi) is 4.54. The van der Waals surface area contributed by atoms with Gasteiger partial charge in [0.15, 0.2) is 0 Å². The molecule has 0 aliphatic carbocycles. The maximum Gasteiger partial charge on any atom is 0.308 e. The second-order valence-electron chi connectivity index (χ2n) is 4.35. The number of aryl methyl sites for hydroxylation is 1. The minimum Gasteiger partial charge on any atom is -0.507 e. The Bertz CT molecular complexity index is 694. The van der Waals surface area contributed by atoms with Crippen LogP contribution in [0.5, 0.6) is 11.5 Å². The molecular formula is C14H14N2O4S. The average molecular weight is 306 g/mol. The van der Waals surface area contributed by atoms with Crippen molar-refractivity contribution in [2.75, 3.05) is 0 Å². The summed E-state index contributed by atoms with van der Waals surface area (Å²) in [5.74, 6) is -0.379. The number of aromatic nitrogens is 1. The second kappa shape index (κ2) is 6.36. The van der Waals surface area contributed by atoms with Crippen molar-refractivity contribution in [2.24, 2.45) is 5.16 Å². The van der Waals surface area contributed by atoms with E-state index in [4.69, 9.17) is 9.94 Å². The van der Waals surface area contributed by atoms with Crippen molar-refractivity contribution >= 4 is 23.0 Å². The lowest BCUT2D eigenvalue weighted by Crippen LogP contribution is -2.07. The molecule has 1 heterocycles. The van der Waals surface area contributed by atoms with Crippen molar-refractivity contribution in [3.63, 3.8) is 0 Å². The lowest BCUT2D eigenvalue weighted by atomic mass is 10.0. The Hall–Kier alpha value is -2.41. The van der Waals surface area contributed by atoms with Crippen LogP contribution in [0.3, 0.4) is 0 Å². The first-order chi connectivity index (χ1) is 9.99. The van der Waals surface area contributed by atoms with E-state index in [2.05, 4.69) is 10.1 Å². The molecule has 0 amide bonds. The number of aromatic hydroxyl groups is 1. The number of benzene rings is 1. The highest BCUT2D eigenvalue weighted by atomic mass is 32.1. The predicted molar refractivity (Wildman–Crippen MR) is 78.3 cm³/mol. The zero-order chi connectivity index (χ0) is 15.4. The van der Waals surface area contributed by atoms with Gasteiger partial charge in [-0.3, -0.25) is 4.79 Å². The highest BCUT2D eigenvalue weighted by Crippen LogP contribution is 2.25. The third kappa shape index (κ3) is 3.79. The van der Waals surface area contributed by atoms with E-state index in [1.54, 1.807) is 0 Å². The van der Waals surface area contributed by atoms with Crippen molar-refractivity contribution in [1.82, 2.24) is 4.98 Å². The molecule has 1 aromatic heterocycles. The number of phenols is 1. The summed E-state index contributed by atoms with van der Waals surface area (Å²) >= 11 is 1.50. The fourth-order valence-corrected chi connectivity index (χ4v) is 2.44. The van der Waals surface area contributed by atoms with Crippen LogP contribution in [0.4, 0.5) is 0 Å². The van der Waals surface area contributed by atoms with Gasteiger partial charge in [0, 0.05) is 30.4 Å². The molecule has 0 unspecified atom stereocenters. The smallest absolute Gasteiger partial charge is 0.308 e. The highest BCUT2D eigenvalue weighted by Gasteiger charge is 2.14. The first kappa shape index (κ1) is 15.0. The van der Waals surface area contributed by atoms with Crippen molar-refractivity contribution in [2.45, 2.75) is 20.3 Å². The molecule has 0 saturated heterocycles. The molecule has 2 rings (SSSR count). The Morgan fingerprint density at radius 1 is 1.48 bits per heavy atom. The monoisotopic (exact) mass is 306 g/mol. The minimum absolute atomic E-state index is 0.131. The van der Waals surface area contributed by atoms with E-state index in [0.717, 1.165) is 10.7 Å². The zero-order valence-electron chi connectivity index (χ0n) is 11.5. The van der Waals surface area contributed by atoms with Crippen LogP contribution in [0.1, 0.15) is 23.2 Å². The molecule has 0 saturated carbocycles. The fraction of sp³-hybridized carbons (Fsp3) is 0.214. The number of nitrogens with zero attached hydrogens (tertiary/aromatic N) is 2. The topological polar surface area (TPSA) is 92.0 Å². The van der Waals surface area contributed by atoms with Crippen molar-refractivity contribution in [1.29, 1.82) is 0 Å². The number of carbonyl (C=O) groups excluding carboxylic acids is 1. The van der Waals surface area contributed by atoms with Crippen LogP contribution in [0.2, 0.25) is 0 Å². The van der Waals surface area contributed by atoms with Gasteiger partial charge < -0.3 is 15.1 Å². The van der Waals surface area contributed by atoms with E-state index in [-0.39, 0.29) is 17.2 Å². The summed E-state index contributed by atoms with van der Waals surface area (Å²) in [6.45, 7) is 3.16. The van der Waals surface area contributed by atoms with Crippen LogP contribution in [0.25, 0.3) is 0 Å². The first-order valence-electron chi connectivity index (χ1n) is 6.13. The standard InChI is InChI=1S/C14H14N2O4S/c1-8-15-10(7-21-8)5-13(16-19)12-4-3-11(6-14(12)18)20-9(2)17/h3-4,6-7,18-19H,5H2,1-2H3/b16-13+. The quantitative estimate of drug-likeness (QED) is 0.298. The van der Waals surface area contributed by atoms with E-state index in [9.17, 15) is 9.90 Å². The molecule has 0 radical (unpaired) electrons. The average Bonchev–Trinajstić information content (AvgIpc) is 2.81. The largest absolute Gasteiger partial charge is 0.507 e. The third-order valence-corrected chi connectivity index (χ3v) is 3.50. The highest BCUT2D eigenvalue weighted by molar-refractivity contribution is 7.09. The summed E-state index contributed by atoms with van der Waals surface area (Å²) in [5, 5.41) is 25.1. The number of phenolic OH excluding ortho intramolecular Hbond substituents is 1. The van der Waals surface area contributed by atoms with E-state index < -0.39 is 5.97 Å². The number of thiazole rings is 1. The van der Waals surface area contributed by atoms with Gasteiger partial charge in [-0.25, -0.2) is 4.98 Å². The molecule has 0 spiro atoms. The summed E-state index contributed by atoms with van der Waals surface area (Å²) < 4.78 is 4.87. The Morgan fingerprint density at radius 2 is 2.24 bits per heavy atom. The predicted octanol–water partition coefficient (Wildman–Crippen LogP) is 2.50. The zero-order valence-corrected chi connectivity index (χ0v) is 12.3. The van der Waals surface area contributed by atoms with Gasteiger partial charge in [-0.15, -0.1) is 11.3 Å². The van der Waals surface area contributed by atoms with Crippen molar-refractivity contribution in [3.05, 3.63) is 39.8 Å². The summed E-state index contributed by atoms with van der Waals surface area (Å²) in [4.78, 5) is 15.2. The van der Waals surface area contributed by atoms with Gasteiger partial charge in [0.25, 0.3) is 0 Å². The maximum absolute atomic E-state index is 10.9. The van der Waals surface area contributed by atoms with E-state index >= 15 is 0 Å². The number of rotatable bonds is 4. The molecule has 0 atom stereocenters. The Labute approximate surface area is 125 Å². The van der Waals surface area contributed by atoms with Crippen LogP contribution >= 0.6 is 11.3 Å². The van der Waals surface area contributed by atoms with Crippen LogP contribution in [-0.2, 0) is 11.2 Å². The van der Waals surface area contributed by atoms with Gasteiger partial charge in [-0.05, 0) is 19.1 Å². The third-order valence-electron chi connectivity index (χ3n) is 2.68. The Morgan fingerprint density at radius 3 is 2.76 bits per heavy atom. The number of carbonyl (C=O) groups is 1. The van der Waals surface area contributed by atoms with E-state index in [1.165, 1.54) is 36.5 Å². The van der Waals surface area contributed by atoms with Crippen LogP contribution in [-0.4, -0.2) is 27.0 Å². The molecule has 6 nitrogen and oxygen atoms in total. The van der Waals surface area contributed by atoms with Gasteiger partial charge in [-0.1, -0.05) is 5.16 Å². The molecule has 0 bridgehead atoms. The van der Waals surface area contributed by atoms with Gasteiger partial charge >= 0.3 is 5.97 Å². The molecule has 7 heteroatoms. The first-order valence-corrected chi connectivity index (χ1v) is 7.01. The lowest BCUT2D eigenvalue weighted by molar-refractivity contribution is -0.131. The summed E-state index contributed by atoms with van der Waals surface area (Å²) in [6.07, 6.45) is 0.293. The summed E-state index contributed by atoms with van der Waals surface area (Å²) in [6, 6.07) is 4.35. The van der Waals surface area contributed by atoms with Gasteiger partial charge in [0.1, 0.15) is 11.5 Å². The van der Waals surface area contributed by atoms with Gasteiger partial charge in [-0.2, -0.15) is 0 Å². The van der Waals surface area contributed by atoms with E-state index in [1.807, 2.05) is 12.3 Å². The molecular weight excluding hydrogens is 292 g/mol. The molecule has 110 valence electrons. The maximum atomic E-state index is 10.9. The fourth-order valence-electron chi connectivity index (χ4n) is 1.83. The number of oxime groups is 1. The van der Waals surface area contributed by atoms with Gasteiger partial charge in [0.2, 0.25) is 0 Å². The van der Waals surface area contributed by atoms with Crippen molar-refractivity contribution in [3.8, 4) is 11.5 Å². The van der Waals surface area contributed by atoms with Crippen LogP contribution in [0.15, 0.2) is 28.7 Å². The van der Waals surface area contributed by atoms with Crippen LogP contribution in [0, 0.1) is 6.92 Å². The minimum atomic E-state index is -0.476. The van der Waals surface area contributed by atoms with Crippen molar-refractivity contribution < 1.29 is 19.8 Å². The number of hydrogen-bond acceptors (Lipinski definition) is 7. The summed E-state index contributed by atoms with van der Waals surface area (Å²) in [5.41, 5.74) is 1.40. The van der Waals surface area contributed by atoms with Crippen LogP contribution < -0.4 is 4.74 Å². The lowest BCUT2D eigenvalue weighted by Gasteiger charge is -2.08. The number of ether oxygens (including phenoxy) is 1. The molecule has 0 aliphatic rings. The molecule has 21 heavy (non-hydrogen) atoms. The number of esters is 1. The second-order valence-corrected chi connectivity index (χ2v) is 5.42. The normalized spacial score (nSPS) is 11.4.